The molecule has 1 heteroatoms. The van der Waals surface area contributed by atoms with Crippen LogP contribution < -0.4 is 0 Å². The molecule has 0 aliphatic heterocycles. The zero-order chi connectivity index (χ0) is 8.36. The molecule has 0 fully saturated rings. The highest BCUT2D eigenvalue weighted by Crippen LogP contribution is 1.99. The molecule has 0 saturated heterocycles. The van der Waals surface area contributed by atoms with E-state index in [9.17, 15) is 4.79 Å². The van der Waals surface area contributed by atoms with Crippen molar-refractivity contribution in [2.45, 2.75) is 32.6 Å². The van der Waals surface area contributed by atoms with E-state index < -0.39 is 0 Å². The number of allylic oxidation sites excluding steroid dienone is 4. The van der Waals surface area contributed by atoms with Crippen LogP contribution in [0.15, 0.2) is 24.3 Å². The summed E-state index contributed by atoms with van der Waals surface area (Å²) in [6, 6.07) is 0. The third-order valence-electron chi connectivity index (χ3n) is 1.41. The van der Waals surface area contributed by atoms with E-state index in [2.05, 4.69) is 13.0 Å². The van der Waals surface area contributed by atoms with Crippen LogP contribution in [-0.4, -0.2) is 6.29 Å². The Labute approximate surface area is 68.8 Å². The van der Waals surface area contributed by atoms with Crippen LogP contribution in [-0.2, 0) is 4.79 Å². The summed E-state index contributed by atoms with van der Waals surface area (Å²) in [4.78, 5) is 9.82. The maximum atomic E-state index is 9.82. The molecule has 0 rings (SSSR count). The second-order valence-corrected chi connectivity index (χ2v) is 2.44. The van der Waals surface area contributed by atoms with Gasteiger partial charge in [-0.25, -0.2) is 0 Å². The van der Waals surface area contributed by atoms with Gasteiger partial charge < -0.3 is 0 Å². The molecule has 0 aromatic heterocycles. The number of hydrogen-bond acceptors (Lipinski definition) is 1. The van der Waals surface area contributed by atoms with E-state index in [1.165, 1.54) is 25.3 Å². The molecule has 0 unspecified atom stereocenters. The van der Waals surface area contributed by atoms with Gasteiger partial charge in [-0.05, 0) is 18.9 Å². The van der Waals surface area contributed by atoms with Crippen LogP contribution in [0.4, 0.5) is 0 Å². The molecule has 0 bridgehead atoms. The number of rotatable bonds is 6. The van der Waals surface area contributed by atoms with E-state index in [4.69, 9.17) is 0 Å². The monoisotopic (exact) mass is 152 g/mol. The minimum absolute atomic E-state index is 0.788. The van der Waals surface area contributed by atoms with Crippen LogP contribution in [0, 0.1) is 0 Å². The van der Waals surface area contributed by atoms with Gasteiger partial charge >= 0.3 is 0 Å². The highest BCUT2D eigenvalue weighted by molar-refractivity contribution is 5.65. The molecule has 0 amide bonds. The van der Waals surface area contributed by atoms with Crippen molar-refractivity contribution in [1.82, 2.24) is 0 Å². The normalized spacial score (nSPS) is 11.4. The third kappa shape index (κ3) is 9.15. The molecule has 62 valence electrons. The minimum Gasteiger partial charge on any atom is -0.299 e. The lowest BCUT2D eigenvalue weighted by Gasteiger charge is -1.89. The molecule has 0 saturated carbocycles. The summed E-state index contributed by atoms with van der Waals surface area (Å²) in [7, 11) is 0. The molecule has 1 nitrogen and oxygen atoms in total. The molecular weight excluding hydrogens is 136 g/mol. The molecule has 0 aliphatic carbocycles. The molecule has 0 aromatic rings. The Bertz CT molecular complexity index is 134. The Balaban J connectivity index is 3.15. The van der Waals surface area contributed by atoms with Crippen LogP contribution in [0.1, 0.15) is 32.6 Å². The van der Waals surface area contributed by atoms with Gasteiger partial charge in [-0.1, -0.05) is 38.0 Å². The predicted molar refractivity (Wildman–Crippen MR) is 48.5 cm³/mol. The number of aldehydes is 1. The van der Waals surface area contributed by atoms with E-state index in [1.807, 2.05) is 6.08 Å². The fourth-order valence-corrected chi connectivity index (χ4v) is 0.796. The molecule has 0 heterocycles. The topological polar surface area (TPSA) is 17.1 Å². The van der Waals surface area contributed by atoms with Gasteiger partial charge in [-0.3, -0.25) is 4.79 Å². The molecule has 0 aromatic carbocycles. The Morgan fingerprint density at radius 1 is 1.09 bits per heavy atom. The molecule has 0 radical (unpaired) electrons. The van der Waals surface area contributed by atoms with Crippen LogP contribution in [0.2, 0.25) is 0 Å². The second-order valence-electron chi connectivity index (χ2n) is 2.44. The summed E-state index contributed by atoms with van der Waals surface area (Å²) in [6.45, 7) is 2.19. The summed E-state index contributed by atoms with van der Waals surface area (Å²) in [6.07, 6.45) is 13.0. The lowest BCUT2D eigenvalue weighted by atomic mass is 10.2. The molecule has 0 aliphatic rings. The molecular formula is C10H16O. The fraction of sp³-hybridized carbons (Fsp3) is 0.500. The molecule has 0 atom stereocenters. The smallest absolute Gasteiger partial charge is 0.142 e. The lowest BCUT2D eigenvalue weighted by Crippen LogP contribution is -1.69. The first-order valence-electron chi connectivity index (χ1n) is 4.18. The first kappa shape index (κ1) is 10.2. The first-order chi connectivity index (χ1) is 5.41. The van der Waals surface area contributed by atoms with E-state index >= 15 is 0 Å². The van der Waals surface area contributed by atoms with Crippen LogP contribution >= 0.6 is 0 Å². The molecule has 0 spiro atoms. The Kier molecular flexibility index (Phi) is 8.44. The fourth-order valence-electron chi connectivity index (χ4n) is 0.796. The van der Waals surface area contributed by atoms with Crippen molar-refractivity contribution >= 4 is 6.29 Å². The third-order valence-corrected chi connectivity index (χ3v) is 1.41. The Morgan fingerprint density at radius 3 is 2.55 bits per heavy atom. The number of unbranched alkanes of at least 4 members (excludes halogenated alkanes) is 3. The van der Waals surface area contributed by atoms with Crippen molar-refractivity contribution in [3.05, 3.63) is 24.3 Å². The van der Waals surface area contributed by atoms with Crippen LogP contribution in [0.5, 0.6) is 0 Å². The van der Waals surface area contributed by atoms with Gasteiger partial charge in [0.15, 0.2) is 0 Å². The standard InChI is InChI=1S/C10H16O/c1-2-3-4-5-6-7-8-9-10-11/h6-10H,2-5H2,1H3. The lowest BCUT2D eigenvalue weighted by molar-refractivity contribution is -0.104. The van der Waals surface area contributed by atoms with Crippen LogP contribution in [0.25, 0.3) is 0 Å². The van der Waals surface area contributed by atoms with Crippen molar-refractivity contribution < 1.29 is 4.79 Å². The quantitative estimate of drug-likeness (QED) is 0.247. The van der Waals surface area contributed by atoms with Crippen molar-refractivity contribution in [2.75, 3.05) is 0 Å². The summed E-state index contributed by atoms with van der Waals surface area (Å²) in [5, 5.41) is 0. The van der Waals surface area contributed by atoms with Gasteiger partial charge in [0.1, 0.15) is 6.29 Å². The minimum atomic E-state index is 0.788. The van der Waals surface area contributed by atoms with E-state index in [0.717, 1.165) is 12.7 Å². The Hall–Kier alpha value is -0.850. The number of carbonyl (C=O) groups excluding carboxylic acids is 1. The average Bonchev–Trinajstić information content (AvgIpc) is 2.03. The Morgan fingerprint density at radius 2 is 1.91 bits per heavy atom. The summed E-state index contributed by atoms with van der Waals surface area (Å²) < 4.78 is 0. The van der Waals surface area contributed by atoms with Crippen molar-refractivity contribution in [1.29, 1.82) is 0 Å². The van der Waals surface area contributed by atoms with E-state index in [0.29, 0.717) is 0 Å². The summed E-state index contributed by atoms with van der Waals surface area (Å²) in [5.41, 5.74) is 0. The first-order valence-corrected chi connectivity index (χ1v) is 4.18. The largest absolute Gasteiger partial charge is 0.299 e. The van der Waals surface area contributed by atoms with Gasteiger partial charge in [-0.15, -0.1) is 0 Å². The summed E-state index contributed by atoms with van der Waals surface area (Å²) >= 11 is 0. The van der Waals surface area contributed by atoms with Crippen LogP contribution in [0.3, 0.4) is 0 Å². The molecule has 0 N–H and O–H groups in total. The number of carbonyl (C=O) groups is 1. The zero-order valence-corrected chi connectivity index (χ0v) is 7.12. The van der Waals surface area contributed by atoms with Crippen molar-refractivity contribution in [3.63, 3.8) is 0 Å². The SMILES string of the molecule is CCCCCC=CC=CC=O. The maximum absolute atomic E-state index is 9.82. The highest BCUT2D eigenvalue weighted by atomic mass is 16.1. The van der Waals surface area contributed by atoms with Gasteiger partial charge in [0.2, 0.25) is 0 Å². The van der Waals surface area contributed by atoms with Gasteiger partial charge in [-0.2, -0.15) is 0 Å². The average molecular weight is 152 g/mol. The van der Waals surface area contributed by atoms with Crippen molar-refractivity contribution in [3.8, 4) is 0 Å². The maximum Gasteiger partial charge on any atom is 0.142 e. The zero-order valence-electron chi connectivity index (χ0n) is 7.12. The van der Waals surface area contributed by atoms with Gasteiger partial charge in [0.05, 0.1) is 0 Å². The van der Waals surface area contributed by atoms with E-state index in [1.54, 1.807) is 6.08 Å². The predicted octanol–water partition coefficient (Wildman–Crippen LogP) is 2.88. The highest BCUT2D eigenvalue weighted by Gasteiger charge is 1.79. The summed E-state index contributed by atoms with van der Waals surface area (Å²) in [5.74, 6) is 0. The number of hydrogen-bond donors (Lipinski definition) is 0. The van der Waals surface area contributed by atoms with Gasteiger partial charge in [0.25, 0.3) is 0 Å². The van der Waals surface area contributed by atoms with Gasteiger partial charge in [0, 0.05) is 0 Å². The molecule has 11 heavy (non-hydrogen) atoms. The second kappa shape index (κ2) is 9.15. The van der Waals surface area contributed by atoms with E-state index in [-0.39, 0.29) is 0 Å². The van der Waals surface area contributed by atoms with Crippen molar-refractivity contribution in [2.24, 2.45) is 0 Å².